The smallest absolute Gasteiger partial charge is 0.226 e. The Morgan fingerprint density at radius 1 is 1.33 bits per heavy atom. The molecule has 3 rings (SSSR count). The molecule has 0 spiro atoms. The second-order valence-electron chi connectivity index (χ2n) is 5.89. The van der Waals surface area contributed by atoms with Gasteiger partial charge in [0.2, 0.25) is 5.89 Å². The molecule has 2 unspecified atom stereocenters. The first-order chi connectivity index (χ1) is 10.3. The maximum atomic E-state index is 5.64. The molecule has 4 nitrogen and oxygen atoms in total. The summed E-state index contributed by atoms with van der Waals surface area (Å²) in [6.07, 6.45) is 5.21. The van der Waals surface area contributed by atoms with E-state index in [9.17, 15) is 0 Å². The monoisotopic (exact) mass is 285 g/mol. The molecule has 0 saturated carbocycles. The molecule has 0 aliphatic heterocycles. The largest absolute Gasteiger partial charge is 0.339 e. The highest BCUT2D eigenvalue weighted by Crippen LogP contribution is 2.38. The van der Waals surface area contributed by atoms with Crippen molar-refractivity contribution < 1.29 is 4.52 Å². The lowest BCUT2D eigenvalue weighted by atomic mass is 9.77. The fourth-order valence-corrected chi connectivity index (χ4v) is 3.12. The highest BCUT2D eigenvalue weighted by molar-refractivity contribution is 5.43. The van der Waals surface area contributed by atoms with Crippen LogP contribution in [0, 0.1) is 5.92 Å². The van der Waals surface area contributed by atoms with Gasteiger partial charge >= 0.3 is 0 Å². The highest BCUT2D eigenvalue weighted by atomic mass is 16.5. The summed E-state index contributed by atoms with van der Waals surface area (Å²) in [7, 11) is 0. The van der Waals surface area contributed by atoms with Crippen molar-refractivity contribution in [3.8, 4) is 0 Å². The van der Waals surface area contributed by atoms with Gasteiger partial charge in [0.15, 0.2) is 5.82 Å². The van der Waals surface area contributed by atoms with Crippen molar-refractivity contribution >= 4 is 0 Å². The van der Waals surface area contributed by atoms with E-state index >= 15 is 0 Å². The van der Waals surface area contributed by atoms with Crippen molar-refractivity contribution in [3.63, 3.8) is 0 Å². The van der Waals surface area contributed by atoms with Gasteiger partial charge in [0.1, 0.15) is 0 Å². The van der Waals surface area contributed by atoms with Crippen LogP contribution in [-0.4, -0.2) is 16.7 Å². The summed E-state index contributed by atoms with van der Waals surface area (Å²) in [5.41, 5.74) is 8.39. The number of nitrogens with two attached hydrogens (primary N) is 1. The first-order valence-electron chi connectivity index (χ1n) is 7.92. The van der Waals surface area contributed by atoms with Crippen molar-refractivity contribution in [2.24, 2.45) is 11.7 Å². The molecule has 21 heavy (non-hydrogen) atoms. The zero-order chi connectivity index (χ0) is 14.7. The topological polar surface area (TPSA) is 64.9 Å². The number of hydrogen-bond donors (Lipinski definition) is 1. The Balaban J connectivity index is 1.60. The average molecular weight is 285 g/mol. The normalized spacial score (nSPS) is 18.1. The van der Waals surface area contributed by atoms with E-state index in [4.69, 9.17) is 10.3 Å². The highest BCUT2D eigenvalue weighted by Gasteiger charge is 2.30. The maximum absolute atomic E-state index is 5.64. The number of nitrogens with zero attached hydrogens (tertiary/aromatic N) is 2. The van der Waals surface area contributed by atoms with Crippen molar-refractivity contribution in [3.05, 3.63) is 47.1 Å². The number of rotatable bonds is 7. The molecule has 1 aliphatic carbocycles. The Hall–Kier alpha value is -1.68. The van der Waals surface area contributed by atoms with Gasteiger partial charge < -0.3 is 10.3 Å². The quantitative estimate of drug-likeness (QED) is 0.849. The van der Waals surface area contributed by atoms with Crippen LogP contribution < -0.4 is 5.73 Å². The third kappa shape index (κ3) is 3.00. The summed E-state index contributed by atoms with van der Waals surface area (Å²) in [5, 5.41) is 4.18. The summed E-state index contributed by atoms with van der Waals surface area (Å²) in [5.74, 6) is 2.60. The molecule has 2 N–H and O–H groups in total. The lowest BCUT2D eigenvalue weighted by Crippen LogP contribution is -2.19. The fraction of sp³-hybridized carbons (Fsp3) is 0.529. The number of aromatic nitrogens is 2. The molecular weight excluding hydrogens is 262 g/mol. The lowest BCUT2D eigenvalue weighted by molar-refractivity contribution is 0.349. The first-order valence-corrected chi connectivity index (χ1v) is 7.92. The molecule has 0 fully saturated rings. The molecule has 112 valence electrons. The summed E-state index contributed by atoms with van der Waals surface area (Å²) in [6, 6.07) is 8.49. The Bertz CT molecular complexity index is 593. The minimum atomic E-state index is 0.324. The van der Waals surface area contributed by atoms with Crippen molar-refractivity contribution in [2.45, 2.75) is 44.9 Å². The zero-order valence-electron chi connectivity index (χ0n) is 12.6. The van der Waals surface area contributed by atoms with Crippen LogP contribution >= 0.6 is 0 Å². The molecule has 0 saturated heterocycles. The van der Waals surface area contributed by atoms with Gasteiger partial charge in [-0.05, 0) is 42.9 Å². The van der Waals surface area contributed by atoms with Gasteiger partial charge in [-0.25, -0.2) is 0 Å². The lowest BCUT2D eigenvalue weighted by Gasteiger charge is -2.27. The molecule has 4 heteroatoms. The average Bonchev–Trinajstić information content (AvgIpc) is 2.93. The number of benzene rings is 1. The van der Waals surface area contributed by atoms with Crippen LogP contribution in [-0.2, 0) is 12.8 Å². The fourth-order valence-electron chi connectivity index (χ4n) is 3.12. The second-order valence-corrected chi connectivity index (χ2v) is 5.89. The molecule has 1 aromatic carbocycles. The van der Waals surface area contributed by atoms with E-state index in [1.54, 1.807) is 0 Å². The van der Waals surface area contributed by atoms with Crippen LogP contribution in [0.4, 0.5) is 0 Å². The van der Waals surface area contributed by atoms with Gasteiger partial charge in [-0.3, -0.25) is 0 Å². The number of hydrogen-bond acceptors (Lipinski definition) is 4. The minimum absolute atomic E-state index is 0.324. The van der Waals surface area contributed by atoms with Crippen LogP contribution in [0.15, 0.2) is 28.8 Å². The van der Waals surface area contributed by atoms with Crippen molar-refractivity contribution in [1.29, 1.82) is 0 Å². The summed E-state index contributed by atoms with van der Waals surface area (Å²) < 4.78 is 5.42. The maximum Gasteiger partial charge on any atom is 0.226 e. The predicted molar refractivity (Wildman–Crippen MR) is 82.1 cm³/mol. The molecule has 0 amide bonds. The molecule has 0 bridgehead atoms. The van der Waals surface area contributed by atoms with Crippen LogP contribution in [0.3, 0.4) is 0 Å². The molecule has 1 heterocycles. The summed E-state index contributed by atoms with van der Waals surface area (Å²) in [4.78, 5) is 4.59. The Morgan fingerprint density at radius 2 is 2.19 bits per heavy atom. The third-order valence-electron chi connectivity index (χ3n) is 4.57. The minimum Gasteiger partial charge on any atom is -0.339 e. The molecular formula is C17H23N3O. The predicted octanol–water partition coefficient (Wildman–Crippen LogP) is 3.07. The van der Waals surface area contributed by atoms with E-state index in [0.29, 0.717) is 11.8 Å². The van der Waals surface area contributed by atoms with E-state index in [-0.39, 0.29) is 0 Å². The Labute approximate surface area is 125 Å². The van der Waals surface area contributed by atoms with Crippen LogP contribution in [0.1, 0.15) is 54.9 Å². The summed E-state index contributed by atoms with van der Waals surface area (Å²) >= 11 is 0. The van der Waals surface area contributed by atoms with E-state index in [1.807, 2.05) is 0 Å². The van der Waals surface area contributed by atoms with Crippen molar-refractivity contribution in [1.82, 2.24) is 10.1 Å². The number of fused-ring (bicyclic) bond motifs is 1. The van der Waals surface area contributed by atoms with E-state index in [0.717, 1.165) is 50.4 Å². The number of aryl methyl sites for hydroxylation is 1. The molecule has 2 aromatic rings. The molecule has 1 aromatic heterocycles. The zero-order valence-corrected chi connectivity index (χ0v) is 12.6. The SMILES string of the molecule is CCC(CCN)CCc1nc(C2Cc3ccccc32)no1. The van der Waals surface area contributed by atoms with Gasteiger partial charge in [-0.15, -0.1) is 0 Å². The first kappa shape index (κ1) is 14.3. The van der Waals surface area contributed by atoms with Crippen LogP contribution in [0.25, 0.3) is 0 Å². The van der Waals surface area contributed by atoms with Gasteiger partial charge in [0, 0.05) is 6.42 Å². The van der Waals surface area contributed by atoms with Crippen molar-refractivity contribution in [2.75, 3.05) is 6.54 Å². The van der Waals surface area contributed by atoms with Gasteiger partial charge in [0.25, 0.3) is 0 Å². The van der Waals surface area contributed by atoms with Crippen LogP contribution in [0.5, 0.6) is 0 Å². The van der Waals surface area contributed by atoms with Gasteiger partial charge in [-0.2, -0.15) is 4.98 Å². The molecule has 0 radical (unpaired) electrons. The second kappa shape index (κ2) is 6.39. The van der Waals surface area contributed by atoms with E-state index in [2.05, 4.69) is 41.3 Å². The Morgan fingerprint density at radius 3 is 2.95 bits per heavy atom. The summed E-state index contributed by atoms with van der Waals surface area (Å²) in [6.45, 7) is 2.97. The molecule has 1 aliphatic rings. The van der Waals surface area contributed by atoms with E-state index < -0.39 is 0 Å². The van der Waals surface area contributed by atoms with Gasteiger partial charge in [0.05, 0.1) is 5.92 Å². The van der Waals surface area contributed by atoms with E-state index in [1.165, 1.54) is 11.1 Å². The molecule has 2 atom stereocenters. The van der Waals surface area contributed by atoms with Crippen LogP contribution in [0.2, 0.25) is 0 Å². The Kier molecular flexibility index (Phi) is 4.34. The van der Waals surface area contributed by atoms with Gasteiger partial charge in [-0.1, -0.05) is 42.8 Å². The standard InChI is InChI=1S/C17H23N3O/c1-2-12(9-10-18)7-8-16-19-17(20-21-16)15-11-13-5-3-4-6-14(13)15/h3-6,12,15H,2,7-11,18H2,1H3. The third-order valence-corrected chi connectivity index (χ3v) is 4.57.